The van der Waals surface area contributed by atoms with Gasteiger partial charge in [-0.25, -0.2) is 0 Å². The van der Waals surface area contributed by atoms with Crippen LogP contribution in [0, 0.1) is 0 Å². The van der Waals surface area contributed by atoms with Crippen molar-refractivity contribution in [2.75, 3.05) is 0 Å². The molecule has 15 heavy (non-hydrogen) atoms. The van der Waals surface area contributed by atoms with Gasteiger partial charge in [-0.3, -0.25) is 0 Å². The Morgan fingerprint density at radius 2 is 1.60 bits per heavy atom. The summed E-state index contributed by atoms with van der Waals surface area (Å²) < 4.78 is 11.2. The van der Waals surface area contributed by atoms with Crippen LogP contribution in [0.5, 0.6) is 5.75 Å². The Morgan fingerprint density at radius 3 is 2.13 bits per heavy atom. The van der Waals surface area contributed by atoms with Crippen LogP contribution in [0.15, 0.2) is 24.3 Å². The van der Waals surface area contributed by atoms with Gasteiger partial charge in [0.1, 0.15) is 5.75 Å². The molecule has 0 bridgehead atoms. The quantitative estimate of drug-likeness (QED) is 0.808. The third-order valence-corrected chi connectivity index (χ3v) is 2.73. The lowest BCUT2D eigenvalue weighted by atomic mass is 10.1. The molecule has 3 nitrogen and oxygen atoms in total. The molecule has 0 aliphatic carbocycles. The number of phenolic OH excluding ortho intramolecular Hbond substituents is 1. The van der Waals surface area contributed by atoms with Crippen LogP contribution in [0.25, 0.3) is 0 Å². The van der Waals surface area contributed by atoms with Crippen molar-refractivity contribution in [3.8, 4) is 5.75 Å². The molecule has 1 aromatic rings. The van der Waals surface area contributed by atoms with Gasteiger partial charge in [-0.1, -0.05) is 12.1 Å². The fraction of sp³-hybridized carbons (Fsp3) is 0.500. The van der Waals surface area contributed by atoms with Crippen LogP contribution in [-0.2, 0) is 15.9 Å². The Hall–Kier alpha value is -1.06. The first-order chi connectivity index (χ1) is 7.15. The van der Waals surface area contributed by atoms with Gasteiger partial charge in [0.15, 0.2) is 6.29 Å². The van der Waals surface area contributed by atoms with Gasteiger partial charge in [0.05, 0.1) is 12.2 Å². The summed E-state index contributed by atoms with van der Waals surface area (Å²) in [7, 11) is 0. The van der Waals surface area contributed by atoms with Crippen LogP contribution in [0.1, 0.15) is 19.4 Å². The molecule has 1 saturated heterocycles. The van der Waals surface area contributed by atoms with Gasteiger partial charge >= 0.3 is 0 Å². The van der Waals surface area contributed by atoms with E-state index in [9.17, 15) is 0 Å². The molecule has 1 fully saturated rings. The third-order valence-electron chi connectivity index (χ3n) is 2.73. The van der Waals surface area contributed by atoms with Crippen molar-refractivity contribution < 1.29 is 14.6 Å². The molecule has 1 aliphatic rings. The maximum absolute atomic E-state index is 9.14. The van der Waals surface area contributed by atoms with Crippen LogP contribution in [0.3, 0.4) is 0 Å². The van der Waals surface area contributed by atoms with Crippen LogP contribution in [0.4, 0.5) is 0 Å². The number of phenols is 1. The summed E-state index contributed by atoms with van der Waals surface area (Å²) in [6.07, 6.45) is 0.897. The van der Waals surface area contributed by atoms with E-state index in [0.29, 0.717) is 0 Å². The fourth-order valence-corrected chi connectivity index (χ4v) is 1.65. The molecule has 1 aliphatic heterocycles. The number of hydrogen-bond donors (Lipinski definition) is 1. The van der Waals surface area contributed by atoms with Crippen molar-refractivity contribution in [1.29, 1.82) is 0 Å². The van der Waals surface area contributed by atoms with Gasteiger partial charge in [0, 0.05) is 6.42 Å². The summed E-state index contributed by atoms with van der Waals surface area (Å²) in [4.78, 5) is 0. The lowest BCUT2D eigenvalue weighted by Crippen LogP contribution is -2.13. The molecule has 3 heteroatoms. The highest BCUT2D eigenvalue weighted by atomic mass is 16.7. The SMILES string of the molecule is C[C@H]1OC(Cc2ccc(O)cc2)O[C@@H]1C. The van der Waals surface area contributed by atoms with E-state index in [1.54, 1.807) is 12.1 Å². The molecule has 0 radical (unpaired) electrons. The topological polar surface area (TPSA) is 38.7 Å². The van der Waals surface area contributed by atoms with E-state index in [-0.39, 0.29) is 24.2 Å². The maximum Gasteiger partial charge on any atom is 0.162 e. The Kier molecular flexibility index (Phi) is 2.93. The molecule has 0 unspecified atom stereocenters. The molecule has 1 N–H and O–H groups in total. The zero-order valence-electron chi connectivity index (χ0n) is 9.01. The first-order valence-electron chi connectivity index (χ1n) is 5.24. The van der Waals surface area contributed by atoms with Crippen molar-refractivity contribution in [1.82, 2.24) is 0 Å². The molecule has 0 spiro atoms. The van der Waals surface area contributed by atoms with Gasteiger partial charge in [0.25, 0.3) is 0 Å². The molecular formula is C12H16O3. The molecule has 1 aromatic carbocycles. The fourth-order valence-electron chi connectivity index (χ4n) is 1.65. The average Bonchev–Trinajstić information content (AvgIpc) is 2.50. The van der Waals surface area contributed by atoms with E-state index in [4.69, 9.17) is 14.6 Å². The average molecular weight is 208 g/mol. The lowest BCUT2D eigenvalue weighted by molar-refractivity contribution is -0.0607. The summed E-state index contributed by atoms with van der Waals surface area (Å²) in [5.74, 6) is 0.286. The second kappa shape index (κ2) is 4.21. The second-order valence-electron chi connectivity index (χ2n) is 3.98. The molecule has 0 saturated carbocycles. The summed E-state index contributed by atoms with van der Waals surface area (Å²) in [6.45, 7) is 4.03. The smallest absolute Gasteiger partial charge is 0.162 e. The number of rotatable bonds is 2. The van der Waals surface area contributed by atoms with E-state index in [2.05, 4.69) is 0 Å². The van der Waals surface area contributed by atoms with Crippen molar-refractivity contribution in [3.05, 3.63) is 29.8 Å². The van der Waals surface area contributed by atoms with E-state index in [0.717, 1.165) is 12.0 Å². The van der Waals surface area contributed by atoms with Crippen molar-refractivity contribution in [2.24, 2.45) is 0 Å². The Balaban J connectivity index is 1.95. The van der Waals surface area contributed by atoms with Crippen LogP contribution >= 0.6 is 0 Å². The predicted octanol–water partition coefficient (Wildman–Crippen LogP) is 2.08. The molecule has 1 heterocycles. The van der Waals surface area contributed by atoms with Crippen LogP contribution in [-0.4, -0.2) is 23.6 Å². The monoisotopic (exact) mass is 208 g/mol. The predicted molar refractivity (Wildman–Crippen MR) is 56.7 cm³/mol. The Bertz CT molecular complexity index is 310. The van der Waals surface area contributed by atoms with Gasteiger partial charge in [-0.15, -0.1) is 0 Å². The zero-order chi connectivity index (χ0) is 10.8. The number of hydrogen-bond acceptors (Lipinski definition) is 3. The highest BCUT2D eigenvalue weighted by molar-refractivity contribution is 5.26. The Labute approximate surface area is 89.6 Å². The molecule has 2 atom stereocenters. The third kappa shape index (κ3) is 2.49. The summed E-state index contributed by atoms with van der Waals surface area (Å²) >= 11 is 0. The van der Waals surface area contributed by atoms with Crippen molar-refractivity contribution >= 4 is 0 Å². The highest BCUT2D eigenvalue weighted by Gasteiger charge is 2.29. The second-order valence-corrected chi connectivity index (χ2v) is 3.98. The van der Waals surface area contributed by atoms with Crippen LogP contribution in [0.2, 0.25) is 0 Å². The van der Waals surface area contributed by atoms with Crippen molar-refractivity contribution in [2.45, 2.75) is 38.8 Å². The lowest BCUT2D eigenvalue weighted by Gasteiger charge is -2.09. The van der Waals surface area contributed by atoms with Gasteiger partial charge in [0.2, 0.25) is 0 Å². The molecule has 0 aromatic heterocycles. The van der Waals surface area contributed by atoms with Crippen molar-refractivity contribution in [3.63, 3.8) is 0 Å². The minimum absolute atomic E-state index is 0.153. The first-order valence-corrected chi connectivity index (χ1v) is 5.24. The maximum atomic E-state index is 9.14. The summed E-state index contributed by atoms with van der Waals surface area (Å²) in [5, 5.41) is 9.14. The molecule has 82 valence electrons. The number of ether oxygens (including phenoxy) is 2. The number of benzene rings is 1. The van der Waals surface area contributed by atoms with E-state index in [1.807, 2.05) is 26.0 Å². The largest absolute Gasteiger partial charge is 0.508 e. The standard InChI is InChI=1S/C12H16O3/c1-8-9(2)15-12(14-8)7-10-3-5-11(13)6-4-10/h3-6,8-9,12-13H,7H2,1-2H3/t8-,9-/m1/s1. The zero-order valence-corrected chi connectivity index (χ0v) is 9.01. The molecule has 0 amide bonds. The van der Waals surface area contributed by atoms with Gasteiger partial charge < -0.3 is 14.6 Å². The molecular weight excluding hydrogens is 192 g/mol. The Morgan fingerprint density at radius 1 is 1.07 bits per heavy atom. The van der Waals surface area contributed by atoms with Crippen LogP contribution < -0.4 is 0 Å². The highest BCUT2D eigenvalue weighted by Crippen LogP contribution is 2.22. The van der Waals surface area contributed by atoms with E-state index >= 15 is 0 Å². The summed E-state index contributed by atoms with van der Waals surface area (Å²) in [5.41, 5.74) is 1.11. The first kappa shape index (κ1) is 10.5. The van der Waals surface area contributed by atoms with Gasteiger partial charge in [-0.05, 0) is 31.5 Å². The molecule has 2 rings (SSSR count). The van der Waals surface area contributed by atoms with E-state index < -0.39 is 0 Å². The minimum Gasteiger partial charge on any atom is -0.508 e. The van der Waals surface area contributed by atoms with Gasteiger partial charge in [-0.2, -0.15) is 0 Å². The summed E-state index contributed by atoms with van der Waals surface area (Å²) in [6, 6.07) is 7.12. The minimum atomic E-state index is -0.153. The van der Waals surface area contributed by atoms with E-state index in [1.165, 1.54) is 0 Å². The number of aromatic hydroxyl groups is 1. The normalized spacial score (nSPS) is 27.1.